The number of hydrogen-bond donors (Lipinski definition) is 2. The molecule has 1 aliphatic heterocycles. The van der Waals surface area contributed by atoms with Crippen molar-refractivity contribution in [1.82, 2.24) is 10.6 Å². The van der Waals surface area contributed by atoms with Gasteiger partial charge in [-0.25, -0.2) is 0 Å². The van der Waals surface area contributed by atoms with Crippen molar-refractivity contribution in [2.75, 3.05) is 13.1 Å². The molecule has 1 rings (SSSR count). The molecule has 1 saturated heterocycles. The summed E-state index contributed by atoms with van der Waals surface area (Å²) in [6.45, 7) is 9.26. The van der Waals surface area contributed by atoms with Gasteiger partial charge in [0.05, 0.1) is 0 Å². The number of unbranched alkanes of at least 4 members (excludes halogenated alkanes) is 1. The average Bonchev–Trinajstić information content (AvgIpc) is 2.58. The fraction of sp³-hybridized carbons (Fsp3) is 1.00. The SMILES string of the molecule is CCCCC(C)NCC1NCCC1C. The van der Waals surface area contributed by atoms with Gasteiger partial charge < -0.3 is 10.6 Å². The van der Waals surface area contributed by atoms with Crippen LogP contribution in [0.3, 0.4) is 0 Å². The predicted molar refractivity (Wildman–Crippen MR) is 62.6 cm³/mol. The lowest BCUT2D eigenvalue weighted by molar-refractivity contribution is 0.407. The Labute approximate surface area is 88.8 Å². The first-order valence-electron chi connectivity index (χ1n) is 6.20. The molecule has 0 amide bonds. The molecule has 1 aliphatic rings. The lowest BCUT2D eigenvalue weighted by Crippen LogP contribution is -2.40. The van der Waals surface area contributed by atoms with Crippen LogP contribution in [0.5, 0.6) is 0 Å². The maximum Gasteiger partial charge on any atom is 0.0218 e. The van der Waals surface area contributed by atoms with Crippen LogP contribution in [0.4, 0.5) is 0 Å². The molecule has 1 heterocycles. The van der Waals surface area contributed by atoms with Crippen molar-refractivity contribution in [2.24, 2.45) is 5.92 Å². The van der Waals surface area contributed by atoms with E-state index in [0.717, 1.165) is 12.5 Å². The van der Waals surface area contributed by atoms with Crippen LogP contribution in [0.15, 0.2) is 0 Å². The molecule has 1 fully saturated rings. The standard InChI is InChI=1S/C12H26N2/c1-4-5-6-11(3)14-9-12-10(2)7-8-13-12/h10-14H,4-9H2,1-3H3. The second-order valence-corrected chi connectivity index (χ2v) is 4.78. The van der Waals surface area contributed by atoms with Gasteiger partial charge in [-0.05, 0) is 32.2 Å². The van der Waals surface area contributed by atoms with Crippen molar-refractivity contribution in [2.45, 2.75) is 58.5 Å². The number of rotatable bonds is 6. The van der Waals surface area contributed by atoms with Gasteiger partial charge in [-0.15, -0.1) is 0 Å². The van der Waals surface area contributed by atoms with E-state index in [9.17, 15) is 0 Å². The van der Waals surface area contributed by atoms with Gasteiger partial charge in [0.15, 0.2) is 0 Å². The Bertz CT molecular complexity index is 147. The fourth-order valence-electron chi connectivity index (χ4n) is 2.11. The third kappa shape index (κ3) is 3.97. The third-order valence-electron chi connectivity index (χ3n) is 3.37. The summed E-state index contributed by atoms with van der Waals surface area (Å²) < 4.78 is 0. The van der Waals surface area contributed by atoms with Crippen LogP contribution in [0.25, 0.3) is 0 Å². The van der Waals surface area contributed by atoms with Crippen molar-refractivity contribution in [3.05, 3.63) is 0 Å². The van der Waals surface area contributed by atoms with E-state index < -0.39 is 0 Å². The van der Waals surface area contributed by atoms with Crippen LogP contribution < -0.4 is 10.6 Å². The Morgan fingerprint density at radius 3 is 2.86 bits per heavy atom. The molecule has 0 aliphatic carbocycles. The molecule has 0 aromatic rings. The Morgan fingerprint density at radius 1 is 1.50 bits per heavy atom. The summed E-state index contributed by atoms with van der Waals surface area (Å²) in [5.41, 5.74) is 0. The quantitative estimate of drug-likeness (QED) is 0.683. The topological polar surface area (TPSA) is 24.1 Å². The monoisotopic (exact) mass is 198 g/mol. The molecule has 0 saturated carbocycles. The molecule has 3 unspecified atom stereocenters. The largest absolute Gasteiger partial charge is 0.313 e. The van der Waals surface area contributed by atoms with Crippen LogP contribution in [0.2, 0.25) is 0 Å². The van der Waals surface area contributed by atoms with E-state index >= 15 is 0 Å². The molecule has 0 bridgehead atoms. The van der Waals surface area contributed by atoms with Gasteiger partial charge in [0, 0.05) is 18.6 Å². The highest BCUT2D eigenvalue weighted by atomic mass is 15.0. The number of hydrogen-bond acceptors (Lipinski definition) is 2. The Kier molecular flexibility index (Phi) is 5.49. The van der Waals surface area contributed by atoms with Crippen LogP contribution in [-0.4, -0.2) is 25.2 Å². The molecule has 0 aromatic heterocycles. The minimum absolute atomic E-state index is 0.685. The highest BCUT2D eigenvalue weighted by Crippen LogP contribution is 2.13. The lowest BCUT2D eigenvalue weighted by atomic mass is 10.0. The van der Waals surface area contributed by atoms with E-state index in [4.69, 9.17) is 0 Å². The van der Waals surface area contributed by atoms with Gasteiger partial charge in [-0.2, -0.15) is 0 Å². The molecule has 84 valence electrons. The van der Waals surface area contributed by atoms with Crippen LogP contribution in [0.1, 0.15) is 46.5 Å². The molecule has 2 N–H and O–H groups in total. The Balaban J connectivity index is 2.07. The van der Waals surface area contributed by atoms with E-state index in [1.54, 1.807) is 0 Å². The van der Waals surface area contributed by atoms with Crippen molar-refractivity contribution in [3.8, 4) is 0 Å². The second kappa shape index (κ2) is 6.41. The zero-order valence-electron chi connectivity index (χ0n) is 9.97. The van der Waals surface area contributed by atoms with E-state index in [1.807, 2.05) is 0 Å². The average molecular weight is 198 g/mol. The van der Waals surface area contributed by atoms with Gasteiger partial charge in [-0.1, -0.05) is 26.7 Å². The summed E-state index contributed by atoms with van der Waals surface area (Å²) in [4.78, 5) is 0. The first-order valence-corrected chi connectivity index (χ1v) is 6.20. The fourth-order valence-corrected chi connectivity index (χ4v) is 2.11. The zero-order valence-corrected chi connectivity index (χ0v) is 9.97. The van der Waals surface area contributed by atoms with Crippen LogP contribution in [0, 0.1) is 5.92 Å². The van der Waals surface area contributed by atoms with Crippen molar-refractivity contribution in [3.63, 3.8) is 0 Å². The Hall–Kier alpha value is -0.0800. The molecule has 2 nitrogen and oxygen atoms in total. The highest BCUT2D eigenvalue weighted by Gasteiger charge is 2.22. The van der Waals surface area contributed by atoms with Crippen molar-refractivity contribution >= 4 is 0 Å². The van der Waals surface area contributed by atoms with Crippen molar-refractivity contribution < 1.29 is 0 Å². The first-order chi connectivity index (χ1) is 6.74. The predicted octanol–water partition coefficient (Wildman–Crippen LogP) is 2.15. The van der Waals surface area contributed by atoms with Crippen LogP contribution >= 0.6 is 0 Å². The van der Waals surface area contributed by atoms with Crippen molar-refractivity contribution in [1.29, 1.82) is 0 Å². The molecule has 0 radical (unpaired) electrons. The van der Waals surface area contributed by atoms with Gasteiger partial charge in [0.1, 0.15) is 0 Å². The molecule has 2 heteroatoms. The van der Waals surface area contributed by atoms with E-state index in [1.165, 1.54) is 32.2 Å². The maximum absolute atomic E-state index is 3.63. The lowest BCUT2D eigenvalue weighted by Gasteiger charge is -2.20. The number of nitrogens with one attached hydrogen (secondary N) is 2. The van der Waals surface area contributed by atoms with Gasteiger partial charge >= 0.3 is 0 Å². The first kappa shape index (κ1) is 12.0. The molecular weight excluding hydrogens is 172 g/mol. The molecule has 0 spiro atoms. The van der Waals surface area contributed by atoms with Gasteiger partial charge in [-0.3, -0.25) is 0 Å². The van der Waals surface area contributed by atoms with E-state index in [2.05, 4.69) is 31.4 Å². The summed E-state index contributed by atoms with van der Waals surface area (Å²) in [5, 5.41) is 7.18. The summed E-state index contributed by atoms with van der Waals surface area (Å²) in [5.74, 6) is 0.848. The summed E-state index contributed by atoms with van der Waals surface area (Å²) in [6.07, 6.45) is 5.32. The van der Waals surface area contributed by atoms with E-state index in [0.29, 0.717) is 12.1 Å². The third-order valence-corrected chi connectivity index (χ3v) is 3.37. The minimum atomic E-state index is 0.685. The van der Waals surface area contributed by atoms with Gasteiger partial charge in [0.25, 0.3) is 0 Å². The smallest absolute Gasteiger partial charge is 0.0218 e. The zero-order chi connectivity index (χ0) is 10.4. The normalized spacial score (nSPS) is 29.4. The molecule has 0 aromatic carbocycles. The molecule has 3 atom stereocenters. The second-order valence-electron chi connectivity index (χ2n) is 4.78. The maximum atomic E-state index is 3.63. The van der Waals surface area contributed by atoms with Crippen LogP contribution in [-0.2, 0) is 0 Å². The summed E-state index contributed by atoms with van der Waals surface area (Å²) in [6, 6.07) is 1.39. The van der Waals surface area contributed by atoms with Gasteiger partial charge in [0.2, 0.25) is 0 Å². The van der Waals surface area contributed by atoms with E-state index in [-0.39, 0.29) is 0 Å². The highest BCUT2D eigenvalue weighted by molar-refractivity contribution is 4.83. The summed E-state index contributed by atoms with van der Waals surface area (Å²) >= 11 is 0. The Morgan fingerprint density at radius 2 is 2.29 bits per heavy atom. The molecule has 14 heavy (non-hydrogen) atoms. The molecular formula is C12H26N2. The summed E-state index contributed by atoms with van der Waals surface area (Å²) in [7, 11) is 0. The minimum Gasteiger partial charge on any atom is -0.313 e.